The van der Waals surface area contributed by atoms with E-state index in [4.69, 9.17) is 4.74 Å². The van der Waals surface area contributed by atoms with Crippen LogP contribution in [0.15, 0.2) is 35.2 Å². The van der Waals surface area contributed by atoms with E-state index in [9.17, 15) is 4.79 Å². The van der Waals surface area contributed by atoms with Gasteiger partial charge in [0.1, 0.15) is 18.0 Å². The Labute approximate surface area is 166 Å². The molecule has 0 unspecified atom stereocenters. The molecule has 0 saturated carbocycles. The van der Waals surface area contributed by atoms with Crippen LogP contribution in [0.4, 0.5) is 17.5 Å². The van der Waals surface area contributed by atoms with Crippen molar-refractivity contribution in [3.63, 3.8) is 0 Å². The predicted molar refractivity (Wildman–Crippen MR) is 109 cm³/mol. The summed E-state index contributed by atoms with van der Waals surface area (Å²) in [5, 5.41) is 8.06. The number of aryl methyl sites for hydroxylation is 1. The van der Waals surface area contributed by atoms with Crippen LogP contribution in [-0.4, -0.2) is 34.5 Å². The first-order valence-corrected chi connectivity index (χ1v) is 9.75. The van der Waals surface area contributed by atoms with Crippen molar-refractivity contribution in [2.75, 3.05) is 29.1 Å². The van der Waals surface area contributed by atoms with Crippen molar-refractivity contribution in [1.82, 2.24) is 15.0 Å². The number of thiazole rings is 1. The topological polar surface area (TPSA) is 92.3 Å². The van der Waals surface area contributed by atoms with Crippen molar-refractivity contribution in [2.24, 2.45) is 0 Å². The molecular formula is C19H20N6O2S. The molecule has 1 aromatic carbocycles. The zero-order valence-electron chi connectivity index (χ0n) is 15.6. The highest BCUT2D eigenvalue weighted by molar-refractivity contribution is 7.07. The largest absolute Gasteiger partial charge is 0.487 e. The Hall–Kier alpha value is -3.20. The third-order valence-corrected chi connectivity index (χ3v) is 4.96. The van der Waals surface area contributed by atoms with Crippen LogP contribution in [0.5, 0.6) is 5.75 Å². The van der Waals surface area contributed by atoms with Crippen LogP contribution < -0.4 is 20.3 Å². The summed E-state index contributed by atoms with van der Waals surface area (Å²) >= 11 is 1.56. The normalized spacial score (nSPS) is 13.1. The lowest BCUT2D eigenvalue weighted by Crippen LogP contribution is -2.36. The Morgan fingerprint density at radius 1 is 1.29 bits per heavy atom. The highest BCUT2D eigenvalue weighted by atomic mass is 32.1. The summed E-state index contributed by atoms with van der Waals surface area (Å²) in [5.41, 5.74) is 5.21. The Morgan fingerprint density at radius 3 is 2.86 bits per heavy atom. The van der Waals surface area contributed by atoms with E-state index in [1.165, 1.54) is 0 Å². The second-order valence-corrected chi connectivity index (χ2v) is 7.22. The Balaban J connectivity index is 1.38. The number of nitrogens with one attached hydrogen (secondary N) is 2. The summed E-state index contributed by atoms with van der Waals surface area (Å²) in [5.74, 6) is 2.00. The molecule has 0 aliphatic carbocycles. The number of hydrogen-bond acceptors (Lipinski definition) is 8. The number of hydrogen-bond donors (Lipinski definition) is 2. The third kappa shape index (κ3) is 4.04. The molecule has 8 nitrogen and oxygen atoms in total. The Morgan fingerprint density at radius 2 is 2.11 bits per heavy atom. The molecule has 3 heterocycles. The molecular weight excluding hydrogens is 376 g/mol. The summed E-state index contributed by atoms with van der Waals surface area (Å²) in [6.45, 7) is 3.19. The second kappa shape index (κ2) is 7.81. The van der Waals surface area contributed by atoms with Crippen LogP contribution in [0.2, 0.25) is 0 Å². The van der Waals surface area contributed by atoms with E-state index in [2.05, 4.69) is 25.6 Å². The number of carbonyl (C=O) groups is 1. The van der Waals surface area contributed by atoms with Crippen LogP contribution >= 0.6 is 11.3 Å². The number of ether oxygens (including phenoxy) is 1. The average molecular weight is 396 g/mol. The van der Waals surface area contributed by atoms with Gasteiger partial charge in [-0.3, -0.25) is 4.79 Å². The molecule has 0 radical (unpaired) electrons. The molecule has 0 spiro atoms. The molecule has 2 N–H and O–H groups in total. The van der Waals surface area contributed by atoms with Crippen molar-refractivity contribution in [3.8, 4) is 5.75 Å². The average Bonchev–Trinajstić information content (AvgIpc) is 3.20. The van der Waals surface area contributed by atoms with Gasteiger partial charge in [0.05, 0.1) is 23.4 Å². The molecule has 0 bridgehead atoms. The minimum atomic E-state index is -0.0560. The van der Waals surface area contributed by atoms with Gasteiger partial charge >= 0.3 is 0 Å². The van der Waals surface area contributed by atoms with E-state index in [0.29, 0.717) is 24.8 Å². The van der Waals surface area contributed by atoms with Gasteiger partial charge in [-0.1, -0.05) is 12.1 Å². The van der Waals surface area contributed by atoms with Crippen molar-refractivity contribution in [3.05, 3.63) is 52.1 Å². The van der Waals surface area contributed by atoms with E-state index in [0.717, 1.165) is 28.5 Å². The van der Waals surface area contributed by atoms with Gasteiger partial charge in [0, 0.05) is 19.0 Å². The van der Waals surface area contributed by atoms with Crippen molar-refractivity contribution >= 4 is 34.7 Å². The maximum Gasteiger partial charge on any atom is 0.244 e. The molecule has 0 saturated heterocycles. The van der Waals surface area contributed by atoms with Crippen LogP contribution in [0.3, 0.4) is 0 Å². The van der Waals surface area contributed by atoms with Gasteiger partial charge in [-0.15, -0.1) is 11.3 Å². The number of benzene rings is 1. The SMILES string of the molecule is Cc1nc(NCc2ccc(OCc3cscn3)cc2)nc2c1NC(=O)CN2C. The monoisotopic (exact) mass is 396 g/mol. The summed E-state index contributed by atoms with van der Waals surface area (Å²) < 4.78 is 5.73. The quantitative estimate of drug-likeness (QED) is 0.662. The van der Waals surface area contributed by atoms with Gasteiger partial charge in [-0.05, 0) is 24.6 Å². The van der Waals surface area contributed by atoms with Crippen molar-refractivity contribution < 1.29 is 9.53 Å². The molecule has 1 aliphatic rings. The fourth-order valence-electron chi connectivity index (χ4n) is 2.88. The van der Waals surface area contributed by atoms with Gasteiger partial charge in [-0.25, -0.2) is 9.97 Å². The molecule has 1 amide bonds. The van der Waals surface area contributed by atoms with Crippen molar-refractivity contribution in [1.29, 1.82) is 0 Å². The number of fused-ring (bicyclic) bond motifs is 1. The lowest BCUT2D eigenvalue weighted by Gasteiger charge is -2.27. The maximum atomic E-state index is 11.7. The molecule has 2 aromatic heterocycles. The van der Waals surface area contributed by atoms with E-state index in [-0.39, 0.29) is 12.5 Å². The first kappa shape index (κ1) is 18.2. The number of carbonyl (C=O) groups excluding carboxylic acids is 1. The van der Waals surface area contributed by atoms with Gasteiger partial charge in [0.15, 0.2) is 5.82 Å². The molecule has 0 fully saturated rings. The predicted octanol–water partition coefficient (Wildman–Crippen LogP) is 2.82. The summed E-state index contributed by atoms with van der Waals surface area (Å²) in [4.78, 5) is 26.7. The van der Waals surface area contributed by atoms with Crippen LogP contribution in [0, 0.1) is 6.92 Å². The van der Waals surface area contributed by atoms with E-state index < -0.39 is 0 Å². The third-order valence-electron chi connectivity index (χ3n) is 4.32. The van der Waals surface area contributed by atoms with Crippen LogP contribution in [-0.2, 0) is 17.9 Å². The fraction of sp³-hybridized carbons (Fsp3) is 0.263. The number of anilines is 3. The smallest absolute Gasteiger partial charge is 0.244 e. The highest BCUT2D eigenvalue weighted by Gasteiger charge is 2.23. The van der Waals surface area contributed by atoms with Crippen molar-refractivity contribution in [2.45, 2.75) is 20.1 Å². The summed E-state index contributed by atoms with van der Waals surface area (Å²) in [6.07, 6.45) is 0. The number of aromatic nitrogens is 3. The zero-order chi connectivity index (χ0) is 19.5. The molecule has 1 aliphatic heterocycles. The lowest BCUT2D eigenvalue weighted by molar-refractivity contribution is -0.115. The van der Waals surface area contributed by atoms with Gasteiger partial charge in [0.2, 0.25) is 11.9 Å². The molecule has 28 heavy (non-hydrogen) atoms. The molecule has 144 valence electrons. The maximum absolute atomic E-state index is 11.7. The molecule has 3 aromatic rings. The number of nitrogens with zero attached hydrogens (tertiary/aromatic N) is 4. The van der Waals surface area contributed by atoms with E-state index in [1.807, 2.05) is 48.5 Å². The first-order chi connectivity index (χ1) is 13.6. The molecule has 0 atom stereocenters. The van der Waals surface area contributed by atoms with Gasteiger partial charge in [0.25, 0.3) is 0 Å². The fourth-order valence-corrected chi connectivity index (χ4v) is 3.42. The minimum absolute atomic E-state index is 0.0560. The number of rotatable bonds is 6. The standard InChI is InChI=1S/C19H20N6O2S/c1-12-17-18(25(2)8-16(26)23-17)24-19(22-12)20-7-13-3-5-15(6-4-13)27-9-14-10-28-11-21-14/h3-6,10-11H,7-9H2,1-2H3,(H,23,26)(H,20,22,24). The number of likely N-dealkylation sites (N-methyl/N-ethyl adjacent to an activating group) is 1. The van der Waals surface area contributed by atoms with Gasteiger partial charge < -0.3 is 20.3 Å². The first-order valence-electron chi connectivity index (χ1n) is 8.81. The zero-order valence-corrected chi connectivity index (χ0v) is 16.4. The van der Waals surface area contributed by atoms with Crippen LogP contribution in [0.1, 0.15) is 17.0 Å². The number of amides is 1. The summed E-state index contributed by atoms with van der Waals surface area (Å²) in [7, 11) is 1.85. The Kier molecular flexibility index (Phi) is 5.07. The molecule has 9 heteroatoms. The van der Waals surface area contributed by atoms with Gasteiger partial charge in [-0.2, -0.15) is 4.98 Å². The lowest BCUT2D eigenvalue weighted by atomic mass is 10.2. The Bertz CT molecular complexity index is 975. The van der Waals surface area contributed by atoms with E-state index >= 15 is 0 Å². The van der Waals surface area contributed by atoms with Crippen LogP contribution in [0.25, 0.3) is 0 Å². The molecule has 4 rings (SSSR count). The van der Waals surface area contributed by atoms with E-state index in [1.54, 1.807) is 16.8 Å². The highest BCUT2D eigenvalue weighted by Crippen LogP contribution is 2.29. The minimum Gasteiger partial charge on any atom is -0.487 e. The summed E-state index contributed by atoms with van der Waals surface area (Å²) in [6, 6.07) is 7.87. The second-order valence-electron chi connectivity index (χ2n) is 6.50.